The Morgan fingerprint density at radius 1 is 0.756 bits per heavy atom. The Kier molecular flexibility index (Phi) is 14.6. The third-order valence-electron chi connectivity index (χ3n) is 6.50. The monoisotopic (exact) mass is 573 g/mol. The van der Waals surface area contributed by atoms with E-state index in [1.165, 1.54) is 0 Å². The molecule has 5 N–H and O–H groups in total. The minimum atomic E-state index is -1.45. The Labute approximate surface area is 238 Å². The fourth-order valence-corrected chi connectivity index (χ4v) is 4.22. The Morgan fingerprint density at radius 2 is 1.39 bits per heavy atom. The number of benzene rings is 1. The van der Waals surface area contributed by atoms with Crippen molar-refractivity contribution in [3.63, 3.8) is 0 Å². The summed E-state index contributed by atoms with van der Waals surface area (Å²) in [5.74, 6) is -3.70. The van der Waals surface area contributed by atoms with Gasteiger partial charge in [0, 0.05) is 31.1 Å². The summed E-state index contributed by atoms with van der Waals surface area (Å²) in [6, 6.07) is 5.66. The SMILES string of the molecule is O=C(O)CC[C@H](NC(=O)N[C@@H](CCCCn1cc(CCCCCCCC(=O)c2ccccc2)nn1)C(=O)O)C(=O)O. The Hall–Kier alpha value is -4.29. The minimum absolute atomic E-state index is 0.119. The first-order valence-corrected chi connectivity index (χ1v) is 13.9. The molecular weight excluding hydrogens is 534 g/mol. The zero-order chi connectivity index (χ0) is 30.0. The molecule has 0 unspecified atom stereocenters. The first-order chi connectivity index (χ1) is 19.7. The van der Waals surface area contributed by atoms with Crippen molar-refractivity contribution in [2.24, 2.45) is 0 Å². The summed E-state index contributed by atoms with van der Waals surface area (Å²) in [7, 11) is 0. The maximum atomic E-state index is 12.1. The quantitative estimate of drug-likeness (QED) is 0.109. The number of carbonyl (C=O) groups excluding carboxylic acids is 2. The van der Waals surface area contributed by atoms with E-state index in [1.54, 1.807) is 4.68 Å². The highest BCUT2D eigenvalue weighted by atomic mass is 16.4. The second-order valence-electron chi connectivity index (χ2n) is 9.86. The zero-order valence-electron chi connectivity index (χ0n) is 23.0. The van der Waals surface area contributed by atoms with Crippen LogP contribution in [0.3, 0.4) is 0 Å². The van der Waals surface area contributed by atoms with Gasteiger partial charge in [0.2, 0.25) is 0 Å². The number of urea groups is 1. The van der Waals surface area contributed by atoms with Gasteiger partial charge in [0.15, 0.2) is 5.78 Å². The molecule has 0 fully saturated rings. The first-order valence-electron chi connectivity index (χ1n) is 13.9. The van der Waals surface area contributed by atoms with Crippen molar-refractivity contribution in [2.75, 3.05) is 0 Å². The molecule has 0 radical (unpaired) electrons. The summed E-state index contributed by atoms with van der Waals surface area (Å²) in [6.45, 7) is 0.525. The molecule has 1 aromatic carbocycles. The highest BCUT2D eigenvalue weighted by molar-refractivity contribution is 5.95. The Morgan fingerprint density at radius 3 is 2.05 bits per heavy atom. The van der Waals surface area contributed by atoms with Gasteiger partial charge in [-0.15, -0.1) is 5.10 Å². The van der Waals surface area contributed by atoms with Crippen molar-refractivity contribution in [1.29, 1.82) is 0 Å². The third kappa shape index (κ3) is 13.6. The minimum Gasteiger partial charge on any atom is -0.481 e. The lowest BCUT2D eigenvalue weighted by Crippen LogP contribution is -2.51. The fraction of sp³-hybridized carbons (Fsp3) is 0.536. The average Bonchev–Trinajstić information content (AvgIpc) is 3.39. The van der Waals surface area contributed by atoms with E-state index in [0.717, 1.165) is 49.8 Å². The van der Waals surface area contributed by atoms with E-state index in [-0.39, 0.29) is 18.6 Å². The molecule has 2 atom stereocenters. The summed E-state index contributed by atoms with van der Waals surface area (Å²) in [5.41, 5.74) is 1.64. The van der Waals surface area contributed by atoms with Crippen molar-refractivity contribution in [2.45, 2.75) is 95.7 Å². The molecule has 13 heteroatoms. The number of amides is 2. The van der Waals surface area contributed by atoms with Crippen molar-refractivity contribution < 1.29 is 39.3 Å². The number of rotatable bonds is 21. The number of nitrogens with one attached hydrogen (secondary N) is 2. The van der Waals surface area contributed by atoms with Crippen LogP contribution < -0.4 is 10.6 Å². The van der Waals surface area contributed by atoms with Crippen LogP contribution in [-0.4, -0.2) is 72.1 Å². The molecule has 0 aliphatic heterocycles. The molecule has 13 nitrogen and oxygen atoms in total. The van der Waals surface area contributed by atoms with Gasteiger partial charge in [0.05, 0.1) is 5.69 Å². The third-order valence-corrected chi connectivity index (χ3v) is 6.50. The van der Waals surface area contributed by atoms with E-state index < -0.39 is 42.4 Å². The van der Waals surface area contributed by atoms with E-state index in [1.807, 2.05) is 36.5 Å². The molecule has 1 aromatic heterocycles. The van der Waals surface area contributed by atoms with Gasteiger partial charge < -0.3 is 26.0 Å². The number of Topliss-reactive ketones (excluding diaryl/α,β-unsaturated/α-hetero) is 1. The summed E-state index contributed by atoms with van der Waals surface area (Å²) >= 11 is 0. The van der Waals surface area contributed by atoms with Crippen molar-refractivity contribution in [3.8, 4) is 0 Å². The van der Waals surface area contributed by atoms with Crippen LogP contribution in [0, 0.1) is 0 Å². The molecule has 0 bridgehead atoms. The van der Waals surface area contributed by atoms with Crippen molar-refractivity contribution in [1.82, 2.24) is 25.6 Å². The lowest BCUT2D eigenvalue weighted by atomic mass is 10.0. The molecule has 1 heterocycles. The van der Waals surface area contributed by atoms with Gasteiger partial charge in [-0.05, 0) is 44.9 Å². The normalized spacial score (nSPS) is 12.3. The molecule has 224 valence electrons. The first kappa shape index (κ1) is 32.9. The molecule has 0 saturated carbocycles. The maximum Gasteiger partial charge on any atom is 0.326 e. The maximum absolute atomic E-state index is 12.1. The number of hydrogen-bond acceptors (Lipinski definition) is 7. The molecule has 0 saturated heterocycles. The number of aryl methyl sites for hydroxylation is 2. The van der Waals surface area contributed by atoms with Crippen LogP contribution in [0.1, 0.15) is 86.7 Å². The number of carboxylic acids is 3. The number of nitrogens with zero attached hydrogens (tertiary/aromatic N) is 3. The van der Waals surface area contributed by atoms with Crippen molar-refractivity contribution >= 4 is 29.7 Å². The van der Waals surface area contributed by atoms with Gasteiger partial charge in [-0.2, -0.15) is 0 Å². The summed E-state index contributed by atoms with van der Waals surface area (Å²) < 4.78 is 1.69. The molecule has 0 spiro atoms. The number of aliphatic carboxylic acids is 3. The molecule has 2 aromatic rings. The van der Waals surface area contributed by atoms with E-state index >= 15 is 0 Å². The molecule has 0 aliphatic rings. The standard InChI is InChI=1S/C28H39N5O8/c34-24(20-11-5-4-6-12-20)15-8-3-1-2-7-13-21-19-33(32-31-21)18-10-9-14-22(26(37)38)29-28(41)30-23(27(39)40)16-17-25(35)36/h4-6,11-12,19,22-23H,1-3,7-10,13-18H2,(H,35,36)(H,37,38)(H,39,40)(H2,29,30,41)/t22-,23-/m0/s1. The molecular formula is C28H39N5O8. The lowest BCUT2D eigenvalue weighted by Gasteiger charge is -2.18. The summed E-state index contributed by atoms with van der Waals surface area (Å²) in [6.07, 6.45) is 8.55. The summed E-state index contributed by atoms with van der Waals surface area (Å²) in [4.78, 5) is 57.6. The zero-order valence-corrected chi connectivity index (χ0v) is 23.0. The van der Waals surface area contributed by atoms with Gasteiger partial charge >= 0.3 is 23.9 Å². The number of aromatic nitrogens is 3. The Bertz CT molecular complexity index is 1140. The van der Waals surface area contributed by atoms with Gasteiger partial charge in [0.1, 0.15) is 12.1 Å². The van der Waals surface area contributed by atoms with Gasteiger partial charge in [-0.25, -0.2) is 14.4 Å². The van der Waals surface area contributed by atoms with Crippen LogP contribution in [0.15, 0.2) is 36.5 Å². The largest absolute Gasteiger partial charge is 0.481 e. The van der Waals surface area contributed by atoms with E-state index in [9.17, 15) is 29.1 Å². The summed E-state index contributed by atoms with van der Waals surface area (Å²) in [5, 5.41) is 39.9. The van der Waals surface area contributed by atoms with Gasteiger partial charge in [-0.1, -0.05) is 54.8 Å². The van der Waals surface area contributed by atoms with Crippen LogP contribution in [0.2, 0.25) is 0 Å². The van der Waals surface area contributed by atoms with Crippen molar-refractivity contribution in [3.05, 3.63) is 47.8 Å². The highest BCUT2D eigenvalue weighted by Gasteiger charge is 2.24. The second kappa shape index (κ2) is 18.1. The van der Waals surface area contributed by atoms with Crippen LogP contribution >= 0.6 is 0 Å². The fourth-order valence-electron chi connectivity index (χ4n) is 4.22. The number of carboxylic acid groups (broad SMARTS) is 3. The van der Waals surface area contributed by atoms with Crippen LogP contribution in [0.25, 0.3) is 0 Å². The topological polar surface area (TPSA) is 201 Å². The molecule has 2 amide bonds. The van der Waals surface area contributed by atoms with E-state index in [2.05, 4.69) is 20.9 Å². The van der Waals surface area contributed by atoms with E-state index in [0.29, 0.717) is 25.8 Å². The van der Waals surface area contributed by atoms with Crippen LogP contribution in [-0.2, 0) is 27.3 Å². The predicted octanol–water partition coefficient (Wildman–Crippen LogP) is 3.28. The smallest absolute Gasteiger partial charge is 0.326 e. The van der Waals surface area contributed by atoms with E-state index in [4.69, 9.17) is 10.2 Å². The number of ketones is 1. The van der Waals surface area contributed by atoms with Gasteiger partial charge in [-0.3, -0.25) is 14.3 Å². The average molecular weight is 574 g/mol. The number of carbonyl (C=O) groups is 5. The predicted molar refractivity (Wildman–Crippen MR) is 147 cm³/mol. The van der Waals surface area contributed by atoms with Crippen LogP contribution in [0.4, 0.5) is 4.79 Å². The second-order valence-corrected chi connectivity index (χ2v) is 9.86. The highest BCUT2D eigenvalue weighted by Crippen LogP contribution is 2.12. The van der Waals surface area contributed by atoms with Crippen LogP contribution in [0.5, 0.6) is 0 Å². The Balaban J connectivity index is 1.60. The van der Waals surface area contributed by atoms with Gasteiger partial charge in [0.25, 0.3) is 0 Å². The number of unbranched alkanes of at least 4 members (excludes halogenated alkanes) is 5. The lowest BCUT2D eigenvalue weighted by molar-refractivity contribution is -0.140. The molecule has 41 heavy (non-hydrogen) atoms. The number of hydrogen-bond donors (Lipinski definition) is 5. The molecule has 2 rings (SSSR count). The molecule has 0 aliphatic carbocycles.